The Hall–Kier alpha value is -3.21. The summed E-state index contributed by atoms with van der Waals surface area (Å²) in [6.07, 6.45) is 1.93. The smallest absolute Gasteiger partial charge is 0.251 e. The maximum Gasteiger partial charge on any atom is 0.251 e. The molecule has 0 aliphatic carbocycles. The van der Waals surface area contributed by atoms with E-state index in [2.05, 4.69) is 33.7 Å². The number of carbonyl (C=O) groups is 2. The van der Waals surface area contributed by atoms with Gasteiger partial charge in [0.1, 0.15) is 11.6 Å². The maximum absolute atomic E-state index is 13.2. The second-order valence-electron chi connectivity index (χ2n) is 10.6. The summed E-state index contributed by atoms with van der Waals surface area (Å²) in [7, 11) is 3.57. The van der Waals surface area contributed by atoms with Crippen LogP contribution >= 0.6 is 0 Å². The fraction of sp³-hybridized carbons (Fsp3) is 0.552. The number of nitrogens with one attached hydrogen (secondary N) is 2. The molecular weight excluding hydrogens is 496 g/mol. The fourth-order valence-electron chi connectivity index (χ4n) is 5.19. The summed E-state index contributed by atoms with van der Waals surface area (Å²) in [5.41, 5.74) is 3.15. The number of β-amino-alcohol motifs (C(OH)–C–C–N with tert-alkyl or cyclic N) is 1. The molecule has 1 aromatic carbocycles. The van der Waals surface area contributed by atoms with Crippen molar-refractivity contribution in [3.63, 3.8) is 0 Å². The van der Waals surface area contributed by atoms with Gasteiger partial charge >= 0.3 is 0 Å². The molecule has 0 bridgehead atoms. The van der Waals surface area contributed by atoms with E-state index in [0.717, 1.165) is 32.4 Å². The molecular formula is C29H42N6O4. The van der Waals surface area contributed by atoms with Gasteiger partial charge in [0.05, 0.1) is 12.7 Å². The summed E-state index contributed by atoms with van der Waals surface area (Å²) in [6, 6.07) is 12.1. The Balaban J connectivity index is 1.37. The van der Waals surface area contributed by atoms with Crippen LogP contribution in [-0.4, -0.2) is 104 Å². The van der Waals surface area contributed by atoms with Crippen molar-refractivity contribution in [2.75, 3.05) is 70.2 Å². The fourth-order valence-corrected chi connectivity index (χ4v) is 5.19. The van der Waals surface area contributed by atoms with Crippen LogP contribution in [0.15, 0.2) is 36.4 Å². The molecule has 4 rings (SSSR count). The monoisotopic (exact) mass is 538 g/mol. The zero-order valence-electron chi connectivity index (χ0n) is 23.4. The number of ether oxygens (including phenoxy) is 1. The Morgan fingerprint density at radius 2 is 1.92 bits per heavy atom. The lowest BCUT2D eigenvalue weighted by Crippen LogP contribution is -2.42. The molecule has 10 heteroatoms. The molecule has 10 nitrogen and oxygen atoms in total. The number of pyridine rings is 1. The second kappa shape index (κ2) is 13.7. The number of anilines is 2. The Bertz CT molecular complexity index is 1120. The minimum absolute atomic E-state index is 0.0968. The number of aromatic nitrogens is 1. The van der Waals surface area contributed by atoms with Gasteiger partial charge in [-0.2, -0.15) is 0 Å². The van der Waals surface area contributed by atoms with Crippen LogP contribution in [0.1, 0.15) is 41.3 Å². The standard InChI is InChI=1S/C29H42N6O4/c1-21(36)35-12-9-25(10-13-35)31-27-16-24(17-28(32-27)33(2)14-15-39-3)29(38)30-18-26(37)20-34-11-8-22-6-4-5-7-23(22)19-34/h4-7,16-17,25-26,37H,8-15,18-20H2,1-3H3,(H,30,38)(H,31,32). The van der Waals surface area contributed by atoms with Crippen molar-refractivity contribution in [2.24, 2.45) is 0 Å². The molecule has 2 aliphatic heterocycles. The first-order valence-electron chi connectivity index (χ1n) is 13.8. The van der Waals surface area contributed by atoms with Gasteiger partial charge in [0.25, 0.3) is 5.91 Å². The highest BCUT2D eigenvalue weighted by Gasteiger charge is 2.23. The number of piperidine rings is 1. The Kier molecular flexibility index (Phi) is 10.1. The minimum Gasteiger partial charge on any atom is -0.390 e. The first-order chi connectivity index (χ1) is 18.8. The van der Waals surface area contributed by atoms with Crippen LogP contribution < -0.4 is 15.5 Å². The number of benzene rings is 1. The number of likely N-dealkylation sites (N-methyl/N-ethyl adjacent to an activating group) is 1. The molecule has 0 saturated carbocycles. The van der Waals surface area contributed by atoms with E-state index in [-0.39, 0.29) is 24.4 Å². The average molecular weight is 539 g/mol. The molecule has 39 heavy (non-hydrogen) atoms. The number of hydrogen-bond donors (Lipinski definition) is 3. The third-order valence-corrected chi connectivity index (χ3v) is 7.57. The predicted molar refractivity (Wildman–Crippen MR) is 152 cm³/mol. The largest absolute Gasteiger partial charge is 0.390 e. The molecule has 1 aromatic heterocycles. The van der Waals surface area contributed by atoms with Gasteiger partial charge in [-0.1, -0.05) is 24.3 Å². The summed E-state index contributed by atoms with van der Waals surface area (Å²) in [4.78, 5) is 35.6. The van der Waals surface area contributed by atoms with Crippen LogP contribution in [0.4, 0.5) is 11.6 Å². The molecule has 3 N–H and O–H groups in total. The maximum atomic E-state index is 13.2. The molecule has 1 saturated heterocycles. The molecule has 1 atom stereocenters. The van der Waals surface area contributed by atoms with E-state index < -0.39 is 6.10 Å². The second-order valence-corrected chi connectivity index (χ2v) is 10.6. The number of amides is 2. The Labute approximate surface area is 231 Å². The molecule has 0 spiro atoms. The normalized spacial score (nSPS) is 16.9. The van der Waals surface area contributed by atoms with Crippen molar-refractivity contribution in [1.82, 2.24) is 20.1 Å². The van der Waals surface area contributed by atoms with Gasteiger partial charge in [-0.05, 0) is 42.5 Å². The average Bonchev–Trinajstić information content (AvgIpc) is 2.94. The first-order valence-corrected chi connectivity index (χ1v) is 13.8. The van der Waals surface area contributed by atoms with Crippen LogP contribution in [-0.2, 0) is 22.5 Å². The third-order valence-electron chi connectivity index (χ3n) is 7.57. The lowest BCUT2D eigenvalue weighted by atomic mass is 10.00. The van der Waals surface area contributed by atoms with Gasteiger partial charge in [0.15, 0.2) is 0 Å². The van der Waals surface area contributed by atoms with Crippen molar-refractivity contribution in [1.29, 1.82) is 0 Å². The number of aliphatic hydroxyl groups is 1. The van der Waals surface area contributed by atoms with Crippen LogP contribution in [0.3, 0.4) is 0 Å². The van der Waals surface area contributed by atoms with E-state index in [4.69, 9.17) is 9.72 Å². The molecule has 1 fully saturated rings. The predicted octanol–water partition coefficient (Wildman–Crippen LogP) is 1.74. The van der Waals surface area contributed by atoms with Crippen molar-refractivity contribution in [2.45, 2.75) is 44.9 Å². The first kappa shape index (κ1) is 28.8. The summed E-state index contributed by atoms with van der Waals surface area (Å²) in [6.45, 7) is 6.54. The zero-order valence-corrected chi connectivity index (χ0v) is 23.4. The minimum atomic E-state index is -0.672. The van der Waals surface area contributed by atoms with Crippen LogP contribution in [0.2, 0.25) is 0 Å². The zero-order chi connectivity index (χ0) is 27.8. The lowest BCUT2D eigenvalue weighted by Gasteiger charge is -2.32. The highest BCUT2D eigenvalue weighted by atomic mass is 16.5. The van der Waals surface area contributed by atoms with Gasteiger partial charge in [0.2, 0.25) is 5.91 Å². The van der Waals surface area contributed by atoms with Crippen LogP contribution in [0.5, 0.6) is 0 Å². The van der Waals surface area contributed by atoms with E-state index in [0.29, 0.717) is 50.0 Å². The van der Waals surface area contributed by atoms with E-state index in [1.54, 1.807) is 26.2 Å². The number of nitrogens with zero attached hydrogens (tertiary/aromatic N) is 4. The number of carbonyl (C=O) groups excluding carboxylic acids is 2. The van der Waals surface area contributed by atoms with Crippen molar-refractivity contribution in [3.05, 3.63) is 53.1 Å². The van der Waals surface area contributed by atoms with Gasteiger partial charge in [-0.15, -0.1) is 0 Å². The Morgan fingerprint density at radius 3 is 2.64 bits per heavy atom. The third kappa shape index (κ3) is 8.14. The molecule has 1 unspecified atom stereocenters. The number of aliphatic hydroxyl groups excluding tert-OH is 1. The number of likely N-dealkylation sites (tertiary alicyclic amines) is 1. The highest BCUT2D eigenvalue weighted by Crippen LogP contribution is 2.22. The highest BCUT2D eigenvalue weighted by molar-refractivity contribution is 5.95. The lowest BCUT2D eigenvalue weighted by molar-refractivity contribution is -0.129. The van der Waals surface area contributed by atoms with Crippen molar-refractivity contribution >= 4 is 23.5 Å². The number of fused-ring (bicyclic) bond motifs is 1. The van der Waals surface area contributed by atoms with Gasteiger partial charge < -0.3 is 30.3 Å². The van der Waals surface area contributed by atoms with E-state index >= 15 is 0 Å². The number of methoxy groups -OCH3 is 1. The summed E-state index contributed by atoms with van der Waals surface area (Å²) < 4.78 is 5.21. The Morgan fingerprint density at radius 1 is 1.18 bits per heavy atom. The molecule has 0 radical (unpaired) electrons. The summed E-state index contributed by atoms with van der Waals surface area (Å²) >= 11 is 0. The van der Waals surface area contributed by atoms with Gasteiger partial charge in [0, 0.05) is 78.5 Å². The molecule has 2 amide bonds. The molecule has 3 heterocycles. The number of hydrogen-bond acceptors (Lipinski definition) is 8. The van der Waals surface area contributed by atoms with Crippen LogP contribution in [0.25, 0.3) is 0 Å². The van der Waals surface area contributed by atoms with Crippen LogP contribution in [0, 0.1) is 0 Å². The topological polar surface area (TPSA) is 110 Å². The van der Waals surface area contributed by atoms with Crippen molar-refractivity contribution in [3.8, 4) is 0 Å². The number of rotatable bonds is 11. The molecule has 2 aromatic rings. The SMILES string of the molecule is COCCN(C)c1cc(C(=O)NCC(O)CN2CCc3ccccc3C2)cc(NC2CCN(C(C)=O)CC2)n1. The van der Waals surface area contributed by atoms with Gasteiger partial charge in [-0.3, -0.25) is 14.5 Å². The molecule has 2 aliphatic rings. The van der Waals surface area contributed by atoms with E-state index in [9.17, 15) is 14.7 Å². The quantitative estimate of drug-likeness (QED) is 0.397. The van der Waals surface area contributed by atoms with E-state index in [1.165, 1.54) is 11.1 Å². The summed E-state index contributed by atoms with van der Waals surface area (Å²) in [5, 5.41) is 17.1. The van der Waals surface area contributed by atoms with E-state index in [1.807, 2.05) is 22.9 Å². The summed E-state index contributed by atoms with van der Waals surface area (Å²) in [5.74, 6) is 1.13. The molecule has 212 valence electrons. The van der Waals surface area contributed by atoms with Gasteiger partial charge in [-0.25, -0.2) is 4.98 Å². The van der Waals surface area contributed by atoms with Crippen molar-refractivity contribution < 1.29 is 19.4 Å².